The van der Waals surface area contributed by atoms with E-state index in [0.29, 0.717) is 29.3 Å². The second kappa shape index (κ2) is 9.45. The van der Waals surface area contributed by atoms with Crippen LogP contribution in [0.1, 0.15) is 21.5 Å². The zero-order valence-electron chi connectivity index (χ0n) is 17.4. The molecule has 0 N–H and O–H groups in total. The molecule has 6 nitrogen and oxygen atoms in total. The molecule has 1 aliphatic rings. The van der Waals surface area contributed by atoms with Gasteiger partial charge in [-0.2, -0.15) is 0 Å². The first-order valence-corrected chi connectivity index (χ1v) is 10.6. The number of piperazine rings is 1. The summed E-state index contributed by atoms with van der Waals surface area (Å²) in [6.45, 7) is 5.57. The van der Waals surface area contributed by atoms with Crippen molar-refractivity contribution in [2.45, 2.75) is 13.5 Å². The van der Waals surface area contributed by atoms with Crippen molar-refractivity contribution in [2.75, 3.05) is 32.8 Å². The van der Waals surface area contributed by atoms with Gasteiger partial charge in [0.1, 0.15) is 5.15 Å². The molecule has 4 rings (SSSR count). The Balaban J connectivity index is 1.26. The van der Waals surface area contributed by atoms with E-state index >= 15 is 0 Å². The van der Waals surface area contributed by atoms with Crippen LogP contribution in [0.3, 0.4) is 0 Å². The molecule has 7 heteroatoms. The predicted molar refractivity (Wildman–Crippen MR) is 120 cm³/mol. The summed E-state index contributed by atoms with van der Waals surface area (Å²) in [6, 6.07) is 17.0. The lowest BCUT2D eigenvalue weighted by molar-refractivity contribution is -0.136. The van der Waals surface area contributed by atoms with Crippen LogP contribution in [0.2, 0.25) is 5.15 Å². The summed E-state index contributed by atoms with van der Waals surface area (Å²) in [4.78, 5) is 33.2. The second-order valence-electron chi connectivity index (χ2n) is 7.76. The second-order valence-corrected chi connectivity index (χ2v) is 8.15. The zero-order chi connectivity index (χ0) is 21.8. The smallest absolute Gasteiger partial charge is 0.338 e. The predicted octanol–water partition coefficient (Wildman–Crippen LogP) is 3.70. The average molecular weight is 438 g/mol. The first-order chi connectivity index (χ1) is 15.0. The molecule has 0 spiro atoms. The van der Waals surface area contributed by atoms with Gasteiger partial charge in [0.2, 0.25) is 0 Å². The third-order valence-corrected chi connectivity index (χ3v) is 5.64. The van der Waals surface area contributed by atoms with Gasteiger partial charge >= 0.3 is 5.97 Å². The van der Waals surface area contributed by atoms with E-state index in [1.165, 1.54) is 11.1 Å². The van der Waals surface area contributed by atoms with Crippen molar-refractivity contribution in [3.05, 3.63) is 76.4 Å². The van der Waals surface area contributed by atoms with Gasteiger partial charge in [-0.25, -0.2) is 9.78 Å². The van der Waals surface area contributed by atoms with Crippen molar-refractivity contribution in [1.29, 1.82) is 0 Å². The van der Waals surface area contributed by atoms with Crippen LogP contribution in [-0.2, 0) is 16.1 Å². The van der Waals surface area contributed by atoms with Crippen molar-refractivity contribution in [1.82, 2.24) is 14.8 Å². The van der Waals surface area contributed by atoms with Crippen LogP contribution >= 0.6 is 11.6 Å². The third-order valence-electron chi connectivity index (χ3n) is 5.43. The maximum atomic E-state index is 12.5. The van der Waals surface area contributed by atoms with E-state index in [4.69, 9.17) is 16.3 Å². The summed E-state index contributed by atoms with van der Waals surface area (Å²) in [5, 5.41) is 1.18. The molecule has 0 saturated carbocycles. The summed E-state index contributed by atoms with van der Waals surface area (Å²) >= 11 is 5.89. The number of pyridine rings is 1. The topological polar surface area (TPSA) is 62.7 Å². The number of carbonyl (C=O) groups is 2. The van der Waals surface area contributed by atoms with Gasteiger partial charge in [0.05, 0.1) is 11.1 Å². The highest BCUT2D eigenvalue weighted by Crippen LogP contribution is 2.18. The van der Waals surface area contributed by atoms with Crippen LogP contribution in [-0.4, -0.2) is 59.4 Å². The van der Waals surface area contributed by atoms with E-state index < -0.39 is 5.97 Å². The molecule has 0 atom stereocenters. The number of hydrogen-bond donors (Lipinski definition) is 0. The standard InChI is InChI=1S/C24H24ClN3O3/c1-17-3-2-4-18(13-17)15-27-9-11-28(12-10-27)23(29)16-31-24(30)20-5-7-21-19(14-20)6-8-22(25)26-21/h2-8,13-14H,9-12,15-16H2,1H3. The highest BCUT2D eigenvalue weighted by atomic mass is 35.5. The molecule has 160 valence electrons. The fourth-order valence-electron chi connectivity index (χ4n) is 3.75. The number of rotatable bonds is 5. The van der Waals surface area contributed by atoms with Gasteiger partial charge < -0.3 is 9.64 Å². The molecule has 0 aliphatic carbocycles. The Hall–Kier alpha value is -2.96. The maximum Gasteiger partial charge on any atom is 0.338 e. The lowest BCUT2D eigenvalue weighted by Crippen LogP contribution is -2.49. The Morgan fingerprint density at radius 3 is 2.61 bits per heavy atom. The first kappa shape index (κ1) is 21.3. The van der Waals surface area contributed by atoms with Crippen molar-refractivity contribution in [3.63, 3.8) is 0 Å². The number of carbonyl (C=O) groups excluding carboxylic acids is 2. The Labute approximate surface area is 186 Å². The Bertz CT molecular complexity index is 1110. The minimum Gasteiger partial charge on any atom is -0.452 e. The third kappa shape index (κ3) is 5.40. The summed E-state index contributed by atoms with van der Waals surface area (Å²) in [5.74, 6) is -0.693. The minimum absolute atomic E-state index is 0.169. The quantitative estimate of drug-likeness (QED) is 0.450. The van der Waals surface area contributed by atoms with Gasteiger partial charge in [-0.05, 0) is 42.8 Å². The molecule has 1 aliphatic heterocycles. The number of aromatic nitrogens is 1. The lowest BCUT2D eigenvalue weighted by Gasteiger charge is -2.34. The van der Waals surface area contributed by atoms with Crippen LogP contribution in [0.15, 0.2) is 54.6 Å². The summed E-state index contributed by atoms with van der Waals surface area (Å²) in [6.07, 6.45) is 0. The fourth-order valence-corrected chi connectivity index (χ4v) is 3.91. The van der Waals surface area contributed by atoms with Crippen LogP contribution in [0.25, 0.3) is 10.9 Å². The minimum atomic E-state index is -0.525. The van der Waals surface area contributed by atoms with E-state index in [-0.39, 0.29) is 12.5 Å². The SMILES string of the molecule is Cc1cccc(CN2CCN(C(=O)COC(=O)c3ccc4nc(Cl)ccc4c3)CC2)c1. The Morgan fingerprint density at radius 1 is 1.03 bits per heavy atom. The molecular weight excluding hydrogens is 414 g/mol. The van der Waals surface area contributed by atoms with E-state index in [1.54, 1.807) is 35.2 Å². The zero-order valence-corrected chi connectivity index (χ0v) is 18.1. The van der Waals surface area contributed by atoms with Gasteiger partial charge in [0, 0.05) is 38.1 Å². The van der Waals surface area contributed by atoms with Gasteiger partial charge in [0.15, 0.2) is 6.61 Å². The molecule has 0 unspecified atom stereocenters. The van der Waals surface area contributed by atoms with Crippen LogP contribution in [0.5, 0.6) is 0 Å². The monoisotopic (exact) mass is 437 g/mol. The Kier molecular flexibility index (Phi) is 6.49. The van der Waals surface area contributed by atoms with Crippen molar-refractivity contribution in [3.8, 4) is 0 Å². The molecule has 1 fully saturated rings. The molecular formula is C24H24ClN3O3. The molecule has 1 saturated heterocycles. The molecule has 0 radical (unpaired) electrons. The van der Waals surface area contributed by atoms with Gasteiger partial charge in [0.25, 0.3) is 5.91 Å². The summed E-state index contributed by atoms with van der Waals surface area (Å²) < 4.78 is 5.26. The molecule has 1 amide bonds. The van der Waals surface area contributed by atoms with Gasteiger partial charge in [-0.3, -0.25) is 9.69 Å². The van der Waals surface area contributed by atoms with Crippen LogP contribution in [0, 0.1) is 6.92 Å². The molecule has 0 bridgehead atoms. The van der Waals surface area contributed by atoms with Crippen molar-refractivity contribution >= 4 is 34.4 Å². The molecule has 2 heterocycles. The number of nitrogens with zero attached hydrogens (tertiary/aromatic N) is 3. The van der Waals surface area contributed by atoms with Crippen molar-refractivity contribution < 1.29 is 14.3 Å². The number of fused-ring (bicyclic) bond motifs is 1. The van der Waals surface area contributed by atoms with E-state index in [9.17, 15) is 9.59 Å². The van der Waals surface area contributed by atoms with Gasteiger partial charge in [-0.1, -0.05) is 41.4 Å². The van der Waals surface area contributed by atoms with E-state index in [1.807, 2.05) is 0 Å². The first-order valence-electron chi connectivity index (χ1n) is 10.3. The summed E-state index contributed by atoms with van der Waals surface area (Å²) in [5.41, 5.74) is 3.61. The number of hydrogen-bond acceptors (Lipinski definition) is 5. The van der Waals surface area contributed by atoms with Crippen LogP contribution < -0.4 is 0 Å². The normalized spacial score (nSPS) is 14.6. The number of halogens is 1. The number of amides is 1. The highest BCUT2D eigenvalue weighted by Gasteiger charge is 2.22. The largest absolute Gasteiger partial charge is 0.452 e. The fraction of sp³-hybridized carbons (Fsp3) is 0.292. The number of ether oxygens (including phenoxy) is 1. The average Bonchev–Trinajstić information content (AvgIpc) is 2.77. The number of benzene rings is 2. The summed E-state index contributed by atoms with van der Waals surface area (Å²) in [7, 11) is 0. The van der Waals surface area contributed by atoms with Crippen LogP contribution in [0.4, 0.5) is 0 Å². The van der Waals surface area contributed by atoms with Gasteiger partial charge in [-0.15, -0.1) is 0 Å². The maximum absolute atomic E-state index is 12.5. The van der Waals surface area contributed by atoms with E-state index in [2.05, 4.69) is 41.1 Å². The molecule has 2 aromatic carbocycles. The molecule has 1 aromatic heterocycles. The Morgan fingerprint density at radius 2 is 1.84 bits per heavy atom. The lowest BCUT2D eigenvalue weighted by atomic mass is 10.1. The molecule has 31 heavy (non-hydrogen) atoms. The highest BCUT2D eigenvalue weighted by molar-refractivity contribution is 6.29. The number of aryl methyl sites for hydroxylation is 1. The molecule has 3 aromatic rings. The van der Waals surface area contributed by atoms with Crippen molar-refractivity contribution in [2.24, 2.45) is 0 Å². The van der Waals surface area contributed by atoms with E-state index in [0.717, 1.165) is 25.0 Å². The number of esters is 1.